The summed E-state index contributed by atoms with van der Waals surface area (Å²) >= 11 is 0. The number of nitrogens with zero attached hydrogens (tertiary/aromatic N) is 2. The molecule has 11 nitrogen and oxygen atoms in total. The van der Waals surface area contributed by atoms with Gasteiger partial charge >= 0.3 is 0 Å². The summed E-state index contributed by atoms with van der Waals surface area (Å²) in [4.78, 5) is 66.0. The van der Waals surface area contributed by atoms with Gasteiger partial charge in [0.15, 0.2) is 66.1 Å². The van der Waals surface area contributed by atoms with Crippen LogP contribution in [0.2, 0.25) is 0 Å². The Labute approximate surface area is 693 Å². The number of H-pyrrole nitrogens is 1. The van der Waals surface area contributed by atoms with Gasteiger partial charge in [-0.05, 0) is 307 Å². The molecule has 0 aliphatic carbocycles. The van der Waals surface area contributed by atoms with Crippen molar-refractivity contribution in [2.75, 3.05) is 0 Å². The Morgan fingerprint density at radius 1 is 0.275 bits per heavy atom. The lowest BCUT2D eigenvalue weighted by atomic mass is 10.1. The average Bonchev–Trinajstić information content (AvgIpc) is 0.751. The molecule has 18 heteroatoms. The maximum Gasteiger partial charge on any atom is 0.197 e. The highest BCUT2D eigenvalue weighted by Crippen LogP contribution is 2.39. The first-order valence-electron chi connectivity index (χ1n) is 38.2. The van der Waals surface area contributed by atoms with Crippen LogP contribution in [0.1, 0.15) is 15.9 Å². The first-order chi connectivity index (χ1) is 58.4. The summed E-state index contributed by atoms with van der Waals surface area (Å²) in [5, 5.41) is 42.2. The monoisotopic (exact) mass is 1640 g/mol. The second-order valence-electron chi connectivity index (χ2n) is 28.4. The number of aromatic nitrogens is 3. The highest BCUT2D eigenvalue weighted by atomic mass is 32.2. The van der Waals surface area contributed by atoms with E-state index in [1.54, 1.807) is 109 Å². The number of para-hydroxylation sites is 3. The normalized spacial score (nSPS) is 11.4. The third kappa shape index (κ3) is 16.4. The minimum Gasteiger partial charge on any atom is -0.508 e. The van der Waals surface area contributed by atoms with Gasteiger partial charge in [0.25, 0.3) is 0 Å². The number of hydrogen-bond acceptors (Lipinski definition) is 8. The number of ketones is 1. The lowest BCUT2D eigenvalue weighted by Crippen LogP contribution is -2.17. The van der Waals surface area contributed by atoms with Crippen LogP contribution in [0.25, 0.3) is 87.7 Å². The summed E-state index contributed by atoms with van der Waals surface area (Å²) < 4.78 is 59.0. The fraction of sp³-hybridized carbons (Fsp3) is 0.0196. The summed E-state index contributed by atoms with van der Waals surface area (Å²) in [7, 11) is -1.92. The van der Waals surface area contributed by atoms with Gasteiger partial charge in [0.2, 0.25) is 0 Å². The highest BCUT2D eigenvalue weighted by molar-refractivity contribution is 7.97. The molecule has 19 rings (SSSR count). The van der Waals surface area contributed by atoms with Crippen LogP contribution in [-0.2, 0) is 45.8 Å². The molecule has 0 atom stereocenters. The SMILES string of the molecule is O=C(Cn1c2ccccc2c(=O)c2cc([S+](c3ccc(F)cc3)c3ccc(F)cc3)ccc21)c1ccc(O)cc1.O=c1c2ccccc2[nH]c2ccc([S+](c3ccc(-c4ccc(O)cc4)cc3)c3ccc(-c4ccc(O)cc4)cc3)cc12.O=c1c2ccccc2n(Cc2ccc(O)cc2)c2ccc([S+](c3ccc(F)cc3)c3ccc(F)cc3)cc12. The molecule has 5 N–H and O–H groups in total. The van der Waals surface area contributed by atoms with Crippen molar-refractivity contribution < 1.29 is 42.8 Å². The molecule has 0 aliphatic rings. The van der Waals surface area contributed by atoms with Crippen LogP contribution in [0.4, 0.5) is 17.6 Å². The molecule has 0 fully saturated rings. The predicted molar refractivity (Wildman–Crippen MR) is 472 cm³/mol. The van der Waals surface area contributed by atoms with E-state index in [0.29, 0.717) is 55.5 Å². The van der Waals surface area contributed by atoms with E-state index >= 15 is 0 Å². The van der Waals surface area contributed by atoms with Gasteiger partial charge in [0.1, 0.15) is 46.3 Å². The van der Waals surface area contributed by atoms with Crippen molar-refractivity contribution in [2.45, 2.75) is 57.1 Å². The zero-order chi connectivity index (χ0) is 82.7. The molecule has 16 aromatic carbocycles. The quantitative estimate of drug-likeness (QED) is 0.0275. The first-order valence-corrected chi connectivity index (χ1v) is 41.9. The number of carbonyl (C=O) groups is 1. The van der Waals surface area contributed by atoms with Crippen LogP contribution in [0.15, 0.2) is 428 Å². The number of phenols is 4. The molecule has 0 spiro atoms. The van der Waals surface area contributed by atoms with Gasteiger partial charge in [-0.3, -0.25) is 19.2 Å². The third-order valence-corrected chi connectivity index (χ3v) is 27.5. The van der Waals surface area contributed by atoms with Gasteiger partial charge in [0.05, 0.1) is 83.0 Å². The number of pyridine rings is 3. The van der Waals surface area contributed by atoms with E-state index in [-0.39, 0.29) is 74.9 Å². The largest absolute Gasteiger partial charge is 0.508 e. The van der Waals surface area contributed by atoms with Gasteiger partial charge in [-0.25, -0.2) is 17.6 Å². The van der Waals surface area contributed by atoms with Gasteiger partial charge in [0, 0.05) is 52.0 Å². The molecule has 19 aromatic rings. The van der Waals surface area contributed by atoms with E-state index in [9.17, 15) is 57.2 Å². The van der Waals surface area contributed by atoms with E-state index in [4.69, 9.17) is 0 Å². The van der Waals surface area contributed by atoms with Gasteiger partial charge in [-0.15, -0.1) is 0 Å². The zero-order valence-corrected chi connectivity index (χ0v) is 66.1. The molecular formula is C102H70F4N3O8S3+3. The van der Waals surface area contributed by atoms with E-state index in [1.165, 1.54) is 60.7 Å². The summed E-state index contributed by atoms with van der Waals surface area (Å²) in [5.74, 6) is -0.815. The molecule has 3 heterocycles. The number of hydrogen-bond donors (Lipinski definition) is 5. The number of rotatable bonds is 16. The van der Waals surface area contributed by atoms with E-state index in [0.717, 1.165) is 93.9 Å². The second kappa shape index (κ2) is 34.0. The van der Waals surface area contributed by atoms with Crippen LogP contribution in [-0.4, -0.2) is 40.3 Å². The molecule has 120 heavy (non-hydrogen) atoms. The Balaban J connectivity index is 0.000000129. The molecule has 0 unspecified atom stereocenters. The summed E-state index contributed by atoms with van der Waals surface area (Å²) in [6.07, 6.45) is 0. The summed E-state index contributed by atoms with van der Waals surface area (Å²) in [6.45, 7) is 0.502. The number of fused-ring (bicyclic) bond motifs is 6. The third-order valence-electron chi connectivity index (χ3n) is 20.8. The van der Waals surface area contributed by atoms with Crippen LogP contribution in [0, 0.1) is 23.3 Å². The van der Waals surface area contributed by atoms with Crippen molar-refractivity contribution in [3.63, 3.8) is 0 Å². The van der Waals surface area contributed by atoms with Crippen LogP contribution < -0.4 is 16.3 Å². The smallest absolute Gasteiger partial charge is 0.197 e. The maximum absolute atomic E-state index is 13.8. The topological polar surface area (TPSA) is 175 Å². The fourth-order valence-electron chi connectivity index (χ4n) is 14.9. The Bertz CT molecular complexity index is 7070. The Hall–Kier alpha value is -14.4. The first kappa shape index (κ1) is 78.1. The van der Waals surface area contributed by atoms with Crippen molar-refractivity contribution in [3.05, 3.63) is 435 Å². The van der Waals surface area contributed by atoms with Crippen molar-refractivity contribution in [2.24, 2.45) is 0 Å². The van der Waals surface area contributed by atoms with E-state index in [1.807, 2.05) is 150 Å². The Kier molecular flexibility index (Phi) is 22.1. The molecule has 0 aliphatic heterocycles. The molecular weight excluding hydrogens is 1570 g/mol. The van der Waals surface area contributed by atoms with Crippen molar-refractivity contribution in [1.29, 1.82) is 0 Å². The lowest BCUT2D eigenvalue weighted by Gasteiger charge is -2.16. The number of aromatic hydroxyl groups is 4. The summed E-state index contributed by atoms with van der Waals surface area (Å²) in [5.41, 5.74) is 9.89. The van der Waals surface area contributed by atoms with E-state index < -0.39 is 32.7 Å². The lowest BCUT2D eigenvalue weighted by molar-refractivity contribution is 0.0974. The number of carbonyl (C=O) groups excluding carboxylic acids is 1. The molecule has 584 valence electrons. The van der Waals surface area contributed by atoms with Crippen molar-refractivity contribution >= 4 is 104 Å². The van der Waals surface area contributed by atoms with Crippen molar-refractivity contribution in [1.82, 2.24) is 14.1 Å². The number of phenolic OH excluding ortho intramolecular Hbond substituents is 4. The fourth-order valence-corrected chi connectivity index (χ4v) is 21.1. The van der Waals surface area contributed by atoms with Crippen LogP contribution in [0.3, 0.4) is 0 Å². The van der Waals surface area contributed by atoms with Crippen LogP contribution in [0.5, 0.6) is 23.0 Å². The van der Waals surface area contributed by atoms with Gasteiger partial charge < -0.3 is 34.5 Å². The molecule has 3 aromatic heterocycles. The van der Waals surface area contributed by atoms with Gasteiger partial charge in [-0.1, -0.05) is 72.8 Å². The maximum atomic E-state index is 13.8. The number of aromatic amines is 1. The molecule has 0 saturated heterocycles. The van der Waals surface area contributed by atoms with Crippen molar-refractivity contribution in [3.8, 4) is 45.3 Å². The molecule has 0 radical (unpaired) electrons. The molecule has 0 saturated carbocycles. The average molecular weight is 1640 g/mol. The number of benzene rings is 16. The molecule has 0 bridgehead atoms. The minimum absolute atomic E-state index is 0.0109. The number of nitrogens with one attached hydrogen (secondary N) is 1. The number of halogens is 4. The number of Topliss-reactive ketones (excluding diaryl/α,β-unsaturated/α-hetero) is 1. The summed E-state index contributed by atoms with van der Waals surface area (Å²) in [6, 6.07) is 109. The van der Waals surface area contributed by atoms with Crippen LogP contribution >= 0.6 is 0 Å². The second-order valence-corrected chi connectivity index (χ2v) is 34.5. The minimum atomic E-state index is -0.751. The zero-order valence-electron chi connectivity index (χ0n) is 63.7. The predicted octanol–water partition coefficient (Wildman–Crippen LogP) is 22.9. The Morgan fingerprint density at radius 2 is 0.558 bits per heavy atom. The standard InChI is InChI=1S/C37H25NO3S.C33H21F2NO3S.C32H21F2NO2S/c39-28-13-5-24(6-14-28)26-9-17-30(18-10-26)42(31-19-11-27(12-20-31)25-7-15-29(40)16-8-25)32-21-22-36-34(23-32)37(41)33-3-1-2-4-35(33)38-36;34-22-7-13-25(14-8-22)40(26-15-9-23(35)10-16-26)27-17-18-31-29(19-27)33(39)28-3-1-2-4-30(28)36(31)20-32(38)21-5-11-24(37)12-6-21;33-22-7-13-25(14-8-22)38(26-15-9-23(34)10-16-26)27-17-18-31-29(19-27)32(37)28-3-1-2-4-30(28)35(31)20-21-5-11-24(36)12-6-21/h1-23H,(H2-,38,39,40,41);1-19H,20H2;1-19H,20H2/p+3. The molecule has 0 amide bonds. The van der Waals surface area contributed by atoms with E-state index in [2.05, 4.69) is 64.1 Å². The highest BCUT2D eigenvalue weighted by Gasteiger charge is 2.34. The van der Waals surface area contributed by atoms with Gasteiger partial charge in [-0.2, -0.15) is 0 Å². The Morgan fingerprint density at radius 3 is 0.967 bits per heavy atom.